The normalized spacial score (nSPS) is 10.9. The lowest BCUT2D eigenvalue weighted by Crippen LogP contribution is -2.03. The summed E-state index contributed by atoms with van der Waals surface area (Å²) in [5.41, 5.74) is 0.944. The van der Waals surface area contributed by atoms with E-state index in [0.717, 1.165) is 16.7 Å². The predicted octanol–water partition coefficient (Wildman–Crippen LogP) is 3.98. The minimum atomic E-state index is -0.533. The molecule has 3 rings (SSSR count). The molecule has 0 saturated carbocycles. The fourth-order valence-electron chi connectivity index (χ4n) is 2.36. The Balaban J connectivity index is 2.08. The highest BCUT2D eigenvalue weighted by Crippen LogP contribution is 2.27. The van der Waals surface area contributed by atoms with Crippen molar-refractivity contribution in [1.29, 1.82) is 0 Å². The first-order valence-electron chi connectivity index (χ1n) is 6.25. The maximum atomic E-state index is 13.7. The van der Waals surface area contributed by atoms with E-state index in [9.17, 15) is 8.78 Å². The maximum absolute atomic E-state index is 13.7. The molecule has 2 aromatic carbocycles. The summed E-state index contributed by atoms with van der Waals surface area (Å²) in [5, 5.41) is 0.923. The van der Waals surface area contributed by atoms with Crippen LogP contribution in [0, 0.1) is 11.6 Å². The summed E-state index contributed by atoms with van der Waals surface area (Å²) >= 11 is 0. The third kappa shape index (κ3) is 2.03. The van der Waals surface area contributed by atoms with Crippen LogP contribution in [0.3, 0.4) is 0 Å². The largest absolute Gasteiger partial charge is 0.496 e. The van der Waals surface area contributed by atoms with Gasteiger partial charge in [0.2, 0.25) is 0 Å². The lowest BCUT2D eigenvalue weighted by molar-refractivity contribution is 0.420. The van der Waals surface area contributed by atoms with Gasteiger partial charge in [0.25, 0.3) is 0 Å². The molecule has 0 N–H and O–H groups in total. The van der Waals surface area contributed by atoms with Crippen LogP contribution in [0.15, 0.2) is 48.7 Å². The van der Waals surface area contributed by atoms with Crippen molar-refractivity contribution in [3.05, 3.63) is 65.9 Å². The number of benzene rings is 2. The maximum Gasteiger partial charge on any atom is 0.131 e. The SMILES string of the molecule is COc1cccc2c1ccn2Cc1c(F)cccc1F. The van der Waals surface area contributed by atoms with E-state index in [0.29, 0.717) is 0 Å². The summed E-state index contributed by atoms with van der Waals surface area (Å²) in [5.74, 6) is -0.320. The molecular formula is C16H13F2NO. The summed E-state index contributed by atoms with van der Waals surface area (Å²) in [6, 6.07) is 11.4. The number of hydrogen-bond acceptors (Lipinski definition) is 1. The van der Waals surface area contributed by atoms with Crippen LogP contribution in [0.1, 0.15) is 5.56 Å². The van der Waals surface area contributed by atoms with Crippen LogP contribution in [0.25, 0.3) is 10.9 Å². The van der Waals surface area contributed by atoms with Gasteiger partial charge in [-0.05, 0) is 30.3 Å². The highest BCUT2D eigenvalue weighted by atomic mass is 19.1. The van der Waals surface area contributed by atoms with Gasteiger partial charge in [-0.25, -0.2) is 8.78 Å². The van der Waals surface area contributed by atoms with Gasteiger partial charge in [0.05, 0.1) is 19.2 Å². The Morgan fingerprint density at radius 2 is 1.70 bits per heavy atom. The summed E-state index contributed by atoms with van der Waals surface area (Å²) in [7, 11) is 1.60. The van der Waals surface area contributed by atoms with Crippen LogP contribution in [0.5, 0.6) is 5.75 Å². The molecule has 0 radical (unpaired) electrons. The molecule has 0 aliphatic carbocycles. The zero-order valence-corrected chi connectivity index (χ0v) is 10.9. The average Bonchev–Trinajstić information content (AvgIpc) is 2.86. The van der Waals surface area contributed by atoms with Crippen LogP contribution in [0.4, 0.5) is 8.78 Å². The first-order chi connectivity index (χ1) is 9.70. The second-order valence-electron chi connectivity index (χ2n) is 4.54. The molecule has 0 saturated heterocycles. The van der Waals surface area contributed by atoms with Crippen molar-refractivity contribution in [3.63, 3.8) is 0 Å². The molecule has 4 heteroatoms. The third-order valence-corrected chi connectivity index (χ3v) is 3.38. The molecule has 1 heterocycles. The Morgan fingerprint density at radius 3 is 2.40 bits per heavy atom. The first kappa shape index (κ1) is 12.7. The monoisotopic (exact) mass is 273 g/mol. The van der Waals surface area contributed by atoms with Gasteiger partial charge in [-0.2, -0.15) is 0 Å². The van der Waals surface area contributed by atoms with Gasteiger partial charge in [-0.3, -0.25) is 0 Å². The molecule has 3 aromatic rings. The van der Waals surface area contributed by atoms with E-state index in [1.807, 2.05) is 24.3 Å². The zero-order chi connectivity index (χ0) is 14.1. The van der Waals surface area contributed by atoms with Crippen molar-refractivity contribution >= 4 is 10.9 Å². The molecule has 0 atom stereocenters. The number of hydrogen-bond donors (Lipinski definition) is 0. The number of halogens is 2. The van der Waals surface area contributed by atoms with Crippen molar-refractivity contribution in [3.8, 4) is 5.75 Å². The van der Waals surface area contributed by atoms with Crippen LogP contribution >= 0.6 is 0 Å². The Labute approximate surface area is 115 Å². The minimum Gasteiger partial charge on any atom is -0.496 e. The topological polar surface area (TPSA) is 14.2 Å². The van der Waals surface area contributed by atoms with Gasteiger partial charge in [0.15, 0.2) is 0 Å². The van der Waals surface area contributed by atoms with Gasteiger partial charge in [0.1, 0.15) is 17.4 Å². The van der Waals surface area contributed by atoms with E-state index in [-0.39, 0.29) is 12.1 Å². The Kier molecular flexibility index (Phi) is 3.14. The number of rotatable bonds is 3. The number of nitrogens with zero attached hydrogens (tertiary/aromatic N) is 1. The highest BCUT2D eigenvalue weighted by molar-refractivity contribution is 5.86. The molecule has 0 spiro atoms. The quantitative estimate of drug-likeness (QED) is 0.704. The van der Waals surface area contributed by atoms with E-state index in [1.165, 1.54) is 18.2 Å². The molecular weight excluding hydrogens is 260 g/mol. The fraction of sp³-hybridized carbons (Fsp3) is 0.125. The number of aromatic nitrogens is 1. The Morgan fingerprint density at radius 1 is 1.00 bits per heavy atom. The molecule has 20 heavy (non-hydrogen) atoms. The van der Waals surface area contributed by atoms with E-state index >= 15 is 0 Å². The predicted molar refractivity (Wildman–Crippen MR) is 74.0 cm³/mol. The van der Waals surface area contributed by atoms with Crippen LogP contribution in [-0.2, 0) is 6.54 Å². The molecule has 0 unspecified atom stereocenters. The summed E-state index contributed by atoms with van der Waals surface area (Å²) < 4.78 is 34.5. The minimum absolute atomic E-state index is 0.0628. The lowest BCUT2D eigenvalue weighted by atomic mass is 10.2. The molecule has 0 aliphatic heterocycles. The van der Waals surface area contributed by atoms with Crippen LogP contribution in [-0.4, -0.2) is 11.7 Å². The van der Waals surface area contributed by atoms with E-state index < -0.39 is 11.6 Å². The van der Waals surface area contributed by atoms with Crippen molar-refractivity contribution in [2.24, 2.45) is 0 Å². The Hall–Kier alpha value is -2.36. The van der Waals surface area contributed by atoms with E-state index in [2.05, 4.69) is 0 Å². The molecule has 1 aromatic heterocycles. The van der Waals surface area contributed by atoms with Gasteiger partial charge in [-0.15, -0.1) is 0 Å². The number of methoxy groups -OCH3 is 1. The molecule has 0 aliphatic rings. The second kappa shape index (κ2) is 4.96. The van der Waals surface area contributed by atoms with Gasteiger partial charge >= 0.3 is 0 Å². The highest BCUT2D eigenvalue weighted by Gasteiger charge is 2.11. The summed E-state index contributed by atoms with van der Waals surface area (Å²) in [4.78, 5) is 0. The molecule has 0 fully saturated rings. The van der Waals surface area contributed by atoms with E-state index in [4.69, 9.17) is 4.74 Å². The van der Waals surface area contributed by atoms with Gasteiger partial charge in [0, 0.05) is 17.1 Å². The molecule has 102 valence electrons. The van der Waals surface area contributed by atoms with Crippen molar-refractivity contribution in [2.75, 3.05) is 7.11 Å². The fourth-order valence-corrected chi connectivity index (χ4v) is 2.36. The molecule has 0 bridgehead atoms. The standard InChI is InChI=1S/C16H13F2NO/c1-20-16-7-3-6-15-11(16)8-9-19(15)10-12-13(17)4-2-5-14(12)18/h2-9H,10H2,1H3. The van der Waals surface area contributed by atoms with Crippen molar-refractivity contribution in [2.45, 2.75) is 6.54 Å². The zero-order valence-electron chi connectivity index (χ0n) is 10.9. The van der Waals surface area contributed by atoms with E-state index in [1.54, 1.807) is 17.9 Å². The van der Waals surface area contributed by atoms with Gasteiger partial charge < -0.3 is 9.30 Å². The van der Waals surface area contributed by atoms with Crippen molar-refractivity contribution in [1.82, 2.24) is 4.57 Å². The lowest BCUT2D eigenvalue weighted by Gasteiger charge is -2.08. The van der Waals surface area contributed by atoms with Crippen LogP contribution < -0.4 is 4.74 Å². The smallest absolute Gasteiger partial charge is 0.131 e. The van der Waals surface area contributed by atoms with Gasteiger partial charge in [-0.1, -0.05) is 12.1 Å². The van der Waals surface area contributed by atoms with Crippen LogP contribution in [0.2, 0.25) is 0 Å². The summed E-state index contributed by atoms with van der Waals surface area (Å²) in [6.07, 6.45) is 1.80. The Bertz CT molecular complexity index is 744. The molecule has 2 nitrogen and oxygen atoms in total. The second-order valence-corrected chi connectivity index (χ2v) is 4.54. The third-order valence-electron chi connectivity index (χ3n) is 3.38. The van der Waals surface area contributed by atoms with Crippen molar-refractivity contribution < 1.29 is 13.5 Å². The summed E-state index contributed by atoms with van der Waals surface area (Å²) in [6.45, 7) is 0.148. The average molecular weight is 273 g/mol. The number of fused-ring (bicyclic) bond motifs is 1. The first-order valence-corrected chi connectivity index (χ1v) is 6.25. The number of ether oxygens (including phenoxy) is 1. The molecule has 0 amide bonds.